The lowest BCUT2D eigenvalue weighted by Crippen LogP contribution is -2.16. The number of hydrogen-bond donors (Lipinski definition) is 0. The van der Waals surface area contributed by atoms with Crippen molar-refractivity contribution >= 4 is 7.28 Å². The maximum absolute atomic E-state index is 5.23. The van der Waals surface area contributed by atoms with Gasteiger partial charge < -0.3 is 4.74 Å². The van der Waals surface area contributed by atoms with Crippen LogP contribution in [0.4, 0.5) is 0 Å². The molecule has 0 spiro atoms. The summed E-state index contributed by atoms with van der Waals surface area (Å²) in [5.74, 6) is 0.920. The van der Waals surface area contributed by atoms with Crippen LogP contribution in [0.2, 0.25) is 13.1 Å². The van der Waals surface area contributed by atoms with Gasteiger partial charge in [0.25, 0.3) is 0 Å². The van der Waals surface area contributed by atoms with E-state index in [1.54, 1.807) is 0 Å². The van der Waals surface area contributed by atoms with E-state index in [1.165, 1.54) is 19.2 Å². The first kappa shape index (κ1) is 7.14. The lowest BCUT2D eigenvalue weighted by molar-refractivity contribution is 0.0716. The maximum atomic E-state index is 5.23. The Balaban J connectivity index is 2.08. The van der Waals surface area contributed by atoms with Crippen LogP contribution < -0.4 is 0 Å². The van der Waals surface area contributed by atoms with Gasteiger partial charge >= 0.3 is 0 Å². The quantitative estimate of drug-likeness (QED) is 0.509. The highest BCUT2D eigenvalue weighted by atomic mass is 16.5. The van der Waals surface area contributed by atoms with Gasteiger partial charge in [-0.1, -0.05) is 13.1 Å². The van der Waals surface area contributed by atoms with E-state index in [0.29, 0.717) is 0 Å². The Morgan fingerprint density at radius 3 is 2.67 bits per heavy atom. The van der Waals surface area contributed by atoms with Crippen molar-refractivity contribution in [2.24, 2.45) is 5.92 Å². The van der Waals surface area contributed by atoms with E-state index in [1.807, 2.05) is 0 Å². The van der Waals surface area contributed by atoms with Crippen LogP contribution in [0.1, 0.15) is 12.8 Å². The predicted octanol–water partition coefficient (Wildman–Crippen LogP) is 1.58. The fourth-order valence-electron chi connectivity index (χ4n) is 1.32. The molecule has 0 N–H and O–H groups in total. The van der Waals surface area contributed by atoms with Gasteiger partial charge in [0.05, 0.1) is 0 Å². The smallest absolute Gasteiger partial charge is 0.106 e. The van der Waals surface area contributed by atoms with Crippen LogP contribution >= 0.6 is 0 Å². The molecule has 0 aromatic carbocycles. The molecule has 1 heterocycles. The highest BCUT2D eigenvalue weighted by Gasteiger charge is 2.11. The van der Waals surface area contributed by atoms with Crippen molar-refractivity contribution in [2.75, 3.05) is 13.2 Å². The Labute approximate surface area is 58.0 Å². The van der Waals surface area contributed by atoms with Crippen molar-refractivity contribution in [3.63, 3.8) is 0 Å². The minimum Gasteiger partial charge on any atom is -0.381 e. The molecule has 1 rings (SSSR count). The van der Waals surface area contributed by atoms with E-state index < -0.39 is 0 Å². The first-order valence-corrected chi connectivity index (χ1v) is 3.79. The summed E-state index contributed by atoms with van der Waals surface area (Å²) >= 11 is 0. The van der Waals surface area contributed by atoms with E-state index in [-0.39, 0.29) is 0 Å². The van der Waals surface area contributed by atoms with E-state index in [9.17, 15) is 0 Å². The molecular weight excluding hydrogens is 111 g/mol. The van der Waals surface area contributed by atoms with Crippen LogP contribution in [0, 0.1) is 5.92 Å². The van der Waals surface area contributed by atoms with E-state index >= 15 is 0 Å². The molecule has 0 aromatic rings. The standard InChI is InChI=1S/C7H14BO/c1-8-6-7-2-4-9-5-3-7/h7H,2-6H2,1H3. The van der Waals surface area contributed by atoms with Crippen LogP contribution in [0.25, 0.3) is 0 Å². The summed E-state index contributed by atoms with van der Waals surface area (Å²) in [5.41, 5.74) is 0. The number of hydrogen-bond acceptors (Lipinski definition) is 1. The van der Waals surface area contributed by atoms with Gasteiger partial charge in [-0.2, -0.15) is 0 Å². The van der Waals surface area contributed by atoms with Crippen LogP contribution in [-0.4, -0.2) is 20.5 Å². The monoisotopic (exact) mass is 125 g/mol. The predicted molar refractivity (Wildman–Crippen MR) is 40.0 cm³/mol. The molecule has 1 aliphatic heterocycles. The SMILES string of the molecule is C[B]CC1CCOCC1. The molecule has 1 saturated heterocycles. The summed E-state index contributed by atoms with van der Waals surface area (Å²) in [4.78, 5) is 0. The molecule has 1 fully saturated rings. The molecule has 2 heteroatoms. The third-order valence-corrected chi connectivity index (χ3v) is 1.91. The lowest BCUT2D eigenvalue weighted by atomic mass is 9.70. The molecular formula is C7H14BO. The second-order valence-electron chi connectivity index (χ2n) is 2.70. The van der Waals surface area contributed by atoms with E-state index in [2.05, 4.69) is 14.1 Å². The van der Waals surface area contributed by atoms with Gasteiger partial charge in [0.1, 0.15) is 7.28 Å². The van der Waals surface area contributed by atoms with Gasteiger partial charge in [-0.05, 0) is 18.8 Å². The van der Waals surface area contributed by atoms with E-state index in [4.69, 9.17) is 4.74 Å². The normalized spacial score (nSPS) is 21.9. The zero-order valence-corrected chi connectivity index (χ0v) is 6.10. The molecule has 0 unspecified atom stereocenters. The summed E-state index contributed by atoms with van der Waals surface area (Å²) < 4.78 is 5.23. The van der Waals surface area contributed by atoms with Gasteiger partial charge in [0.15, 0.2) is 0 Å². The van der Waals surface area contributed by atoms with E-state index in [0.717, 1.165) is 19.1 Å². The highest BCUT2D eigenvalue weighted by Crippen LogP contribution is 2.17. The van der Waals surface area contributed by atoms with Gasteiger partial charge in [-0.3, -0.25) is 0 Å². The molecule has 0 aliphatic carbocycles. The summed E-state index contributed by atoms with van der Waals surface area (Å²) in [6.07, 6.45) is 3.82. The third kappa shape index (κ3) is 2.40. The number of rotatable bonds is 2. The van der Waals surface area contributed by atoms with Crippen molar-refractivity contribution in [3.8, 4) is 0 Å². The lowest BCUT2D eigenvalue weighted by Gasteiger charge is -2.20. The molecule has 1 nitrogen and oxygen atoms in total. The summed E-state index contributed by atoms with van der Waals surface area (Å²) in [6.45, 7) is 4.10. The average molecular weight is 125 g/mol. The second kappa shape index (κ2) is 3.94. The Hall–Kier alpha value is 0.0249. The van der Waals surface area contributed by atoms with Crippen molar-refractivity contribution < 1.29 is 4.74 Å². The zero-order chi connectivity index (χ0) is 6.53. The van der Waals surface area contributed by atoms with Crippen LogP contribution in [0.5, 0.6) is 0 Å². The van der Waals surface area contributed by atoms with Crippen LogP contribution in [0.3, 0.4) is 0 Å². The van der Waals surface area contributed by atoms with Crippen molar-refractivity contribution in [1.82, 2.24) is 0 Å². The van der Waals surface area contributed by atoms with Gasteiger partial charge in [0.2, 0.25) is 0 Å². The second-order valence-corrected chi connectivity index (χ2v) is 2.70. The first-order chi connectivity index (χ1) is 4.43. The van der Waals surface area contributed by atoms with Crippen LogP contribution in [-0.2, 0) is 4.74 Å². The molecule has 1 aliphatic rings. The molecule has 51 valence electrons. The summed E-state index contributed by atoms with van der Waals surface area (Å²) in [5, 5.41) is 0. The minimum atomic E-state index is 0.920. The van der Waals surface area contributed by atoms with Crippen LogP contribution in [0.15, 0.2) is 0 Å². The molecule has 0 saturated carbocycles. The summed E-state index contributed by atoms with van der Waals surface area (Å²) in [7, 11) is 2.26. The third-order valence-electron chi connectivity index (χ3n) is 1.91. The Morgan fingerprint density at radius 1 is 1.44 bits per heavy atom. The Bertz CT molecular complexity index is 66.6. The van der Waals surface area contributed by atoms with Crippen molar-refractivity contribution in [2.45, 2.75) is 26.0 Å². The minimum absolute atomic E-state index is 0.920. The molecule has 0 aromatic heterocycles. The van der Waals surface area contributed by atoms with Gasteiger partial charge in [0, 0.05) is 13.2 Å². The fourth-order valence-corrected chi connectivity index (χ4v) is 1.32. The van der Waals surface area contributed by atoms with Crippen molar-refractivity contribution in [1.29, 1.82) is 0 Å². The highest BCUT2D eigenvalue weighted by molar-refractivity contribution is 6.33. The summed E-state index contributed by atoms with van der Waals surface area (Å²) in [6, 6.07) is 0. The zero-order valence-electron chi connectivity index (χ0n) is 6.10. The molecule has 0 amide bonds. The van der Waals surface area contributed by atoms with Crippen molar-refractivity contribution in [3.05, 3.63) is 0 Å². The Kier molecular flexibility index (Phi) is 3.12. The largest absolute Gasteiger partial charge is 0.381 e. The molecule has 9 heavy (non-hydrogen) atoms. The molecule has 0 atom stereocenters. The topological polar surface area (TPSA) is 9.23 Å². The molecule has 0 bridgehead atoms. The average Bonchev–Trinajstić information content (AvgIpc) is 1.91. The Morgan fingerprint density at radius 2 is 2.11 bits per heavy atom. The fraction of sp³-hybridized carbons (Fsp3) is 1.00. The van der Waals surface area contributed by atoms with Gasteiger partial charge in [-0.15, -0.1) is 0 Å². The van der Waals surface area contributed by atoms with Gasteiger partial charge in [-0.25, -0.2) is 0 Å². The number of ether oxygens (including phenoxy) is 1. The molecule has 1 radical (unpaired) electrons. The first-order valence-electron chi connectivity index (χ1n) is 3.79. The maximum Gasteiger partial charge on any atom is 0.106 e.